The molecule has 0 saturated heterocycles. The molecule has 0 unspecified atom stereocenters. The summed E-state index contributed by atoms with van der Waals surface area (Å²) in [5, 5.41) is 21.5. The van der Waals surface area contributed by atoms with Gasteiger partial charge in [0.25, 0.3) is 15.7 Å². The Hall–Kier alpha value is -2.37. The molecule has 0 amide bonds. The highest BCUT2D eigenvalue weighted by Crippen LogP contribution is 2.22. The lowest BCUT2D eigenvalue weighted by Gasteiger charge is -2.28. The van der Waals surface area contributed by atoms with Crippen LogP contribution in [0.2, 0.25) is 0 Å². The SMILES string of the molecule is CC(C)ON(C[C@@H](O)[C@@H](N)Cc1ccccc1)S(=O)(=O)c1cccc([N+](=O)[O-])c1. The van der Waals surface area contributed by atoms with E-state index in [4.69, 9.17) is 10.6 Å². The quantitative estimate of drug-likeness (QED) is 0.440. The van der Waals surface area contributed by atoms with E-state index in [1.807, 2.05) is 30.3 Å². The zero-order valence-corrected chi connectivity index (χ0v) is 17.0. The van der Waals surface area contributed by atoms with Crippen LogP contribution in [0.3, 0.4) is 0 Å². The smallest absolute Gasteiger partial charge is 0.270 e. The lowest BCUT2D eigenvalue weighted by Crippen LogP contribution is -2.47. The number of benzene rings is 2. The molecule has 0 heterocycles. The second-order valence-corrected chi connectivity index (χ2v) is 8.65. The summed E-state index contributed by atoms with van der Waals surface area (Å²) in [6.07, 6.45) is -1.39. The van der Waals surface area contributed by atoms with Gasteiger partial charge in [0.15, 0.2) is 0 Å². The fourth-order valence-corrected chi connectivity index (χ4v) is 4.01. The molecule has 0 aromatic heterocycles. The van der Waals surface area contributed by atoms with Gasteiger partial charge in [-0.25, -0.2) is 8.42 Å². The molecule has 9 nitrogen and oxygen atoms in total. The topological polar surface area (TPSA) is 136 Å². The van der Waals surface area contributed by atoms with Crippen LogP contribution in [-0.4, -0.2) is 47.7 Å². The summed E-state index contributed by atoms with van der Waals surface area (Å²) < 4.78 is 26.6. The molecule has 0 fully saturated rings. The van der Waals surface area contributed by atoms with Crippen LogP contribution in [0.1, 0.15) is 19.4 Å². The Balaban J connectivity index is 2.23. The van der Waals surface area contributed by atoms with E-state index < -0.39 is 39.7 Å². The summed E-state index contributed by atoms with van der Waals surface area (Å²) in [7, 11) is -4.26. The van der Waals surface area contributed by atoms with E-state index in [0.717, 1.165) is 11.6 Å². The van der Waals surface area contributed by atoms with Gasteiger partial charge in [-0.15, -0.1) is 0 Å². The van der Waals surface area contributed by atoms with Crippen molar-refractivity contribution in [2.75, 3.05) is 6.54 Å². The van der Waals surface area contributed by atoms with E-state index in [9.17, 15) is 23.6 Å². The van der Waals surface area contributed by atoms with Crippen molar-refractivity contribution in [3.05, 3.63) is 70.3 Å². The third-order valence-corrected chi connectivity index (χ3v) is 5.69. The average Bonchev–Trinajstić information content (AvgIpc) is 2.67. The maximum absolute atomic E-state index is 13.0. The second kappa shape index (κ2) is 9.90. The normalized spacial score (nSPS) is 14.1. The minimum atomic E-state index is -4.26. The van der Waals surface area contributed by atoms with Crippen LogP contribution >= 0.6 is 0 Å². The number of nitrogens with zero attached hydrogens (tertiary/aromatic N) is 2. The number of hydrogen-bond donors (Lipinski definition) is 2. The molecule has 3 N–H and O–H groups in total. The fourth-order valence-electron chi connectivity index (χ4n) is 2.62. The van der Waals surface area contributed by atoms with E-state index in [0.29, 0.717) is 10.9 Å². The Labute approximate surface area is 169 Å². The molecule has 2 rings (SSSR count). The maximum atomic E-state index is 13.0. The van der Waals surface area contributed by atoms with Crippen molar-refractivity contribution >= 4 is 15.7 Å². The standard InChI is InChI=1S/C19H25N3O6S/c1-14(2)28-21(13-19(23)18(20)11-15-7-4-3-5-8-15)29(26,27)17-10-6-9-16(12-17)22(24)25/h3-10,12,14,18-19,23H,11,13,20H2,1-2H3/t18-,19+/m0/s1. The Morgan fingerprint density at radius 2 is 1.83 bits per heavy atom. The van der Waals surface area contributed by atoms with Crippen molar-refractivity contribution in [3.63, 3.8) is 0 Å². The summed E-state index contributed by atoms with van der Waals surface area (Å²) in [4.78, 5) is 15.4. The van der Waals surface area contributed by atoms with Crippen LogP contribution in [0.5, 0.6) is 0 Å². The third kappa shape index (κ3) is 6.31. The molecule has 0 aliphatic carbocycles. The molecular weight excluding hydrogens is 398 g/mol. The Bertz CT molecular complexity index is 921. The van der Waals surface area contributed by atoms with Gasteiger partial charge in [0, 0.05) is 18.2 Å². The first-order valence-corrected chi connectivity index (χ1v) is 10.5. The zero-order valence-electron chi connectivity index (χ0n) is 16.2. The number of nitrogens with two attached hydrogens (primary N) is 1. The van der Waals surface area contributed by atoms with E-state index in [1.165, 1.54) is 18.2 Å². The van der Waals surface area contributed by atoms with Gasteiger partial charge in [-0.05, 0) is 31.9 Å². The summed E-state index contributed by atoms with van der Waals surface area (Å²) in [6.45, 7) is 2.84. The van der Waals surface area contributed by atoms with Gasteiger partial charge in [-0.1, -0.05) is 40.9 Å². The monoisotopic (exact) mass is 423 g/mol. The number of non-ortho nitro benzene ring substituents is 1. The zero-order chi connectivity index (χ0) is 21.6. The van der Waals surface area contributed by atoms with Gasteiger partial charge >= 0.3 is 0 Å². The molecule has 0 aliphatic heterocycles. The van der Waals surface area contributed by atoms with Gasteiger partial charge < -0.3 is 10.8 Å². The van der Waals surface area contributed by atoms with E-state index in [2.05, 4.69) is 0 Å². The molecule has 2 aromatic carbocycles. The number of hydrogen-bond acceptors (Lipinski definition) is 7. The van der Waals surface area contributed by atoms with Crippen molar-refractivity contribution in [1.29, 1.82) is 0 Å². The molecule has 29 heavy (non-hydrogen) atoms. The summed E-state index contributed by atoms with van der Waals surface area (Å²) >= 11 is 0. The molecule has 0 bridgehead atoms. The minimum Gasteiger partial charge on any atom is -0.390 e. The first-order valence-electron chi connectivity index (χ1n) is 9.02. The third-order valence-electron chi connectivity index (χ3n) is 4.07. The van der Waals surface area contributed by atoms with Crippen LogP contribution < -0.4 is 5.73 Å². The fraction of sp³-hybridized carbons (Fsp3) is 0.368. The molecule has 10 heteroatoms. The second-order valence-electron chi connectivity index (χ2n) is 6.82. The predicted octanol–water partition coefficient (Wildman–Crippen LogP) is 1.86. The van der Waals surface area contributed by atoms with Gasteiger partial charge in [-0.2, -0.15) is 0 Å². The van der Waals surface area contributed by atoms with Gasteiger partial charge in [0.05, 0.1) is 28.6 Å². The Morgan fingerprint density at radius 1 is 1.17 bits per heavy atom. The van der Waals surface area contributed by atoms with Crippen LogP contribution in [-0.2, 0) is 21.3 Å². The molecule has 2 atom stereocenters. The summed E-state index contributed by atoms with van der Waals surface area (Å²) in [5.74, 6) is 0. The summed E-state index contributed by atoms with van der Waals surface area (Å²) in [5.41, 5.74) is 6.59. The van der Waals surface area contributed by atoms with Crippen LogP contribution in [0.4, 0.5) is 5.69 Å². The molecule has 2 aromatic rings. The van der Waals surface area contributed by atoms with Crippen molar-refractivity contribution in [2.45, 2.75) is 43.4 Å². The molecule has 0 radical (unpaired) electrons. The molecular formula is C19H25N3O6S. The van der Waals surface area contributed by atoms with Crippen molar-refractivity contribution < 1.29 is 23.3 Å². The lowest BCUT2D eigenvalue weighted by molar-refractivity contribution is -0.385. The average molecular weight is 423 g/mol. The first kappa shape index (κ1) is 22.9. The number of sulfonamides is 1. The predicted molar refractivity (Wildman–Crippen MR) is 107 cm³/mol. The van der Waals surface area contributed by atoms with Crippen molar-refractivity contribution in [3.8, 4) is 0 Å². The van der Waals surface area contributed by atoms with Gasteiger partial charge in [0.2, 0.25) is 0 Å². The number of nitro groups is 1. The minimum absolute atomic E-state index is 0.309. The van der Waals surface area contributed by atoms with Crippen molar-refractivity contribution in [2.24, 2.45) is 5.73 Å². The number of rotatable bonds is 10. The number of aliphatic hydroxyl groups excluding tert-OH is 1. The maximum Gasteiger partial charge on any atom is 0.270 e. The first-order chi connectivity index (χ1) is 13.6. The largest absolute Gasteiger partial charge is 0.390 e. The van der Waals surface area contributed by atoms with E-state index >= 15 is 0 Å². The Morgan fingerprint density at radius 3 is 2.41 bits per heavy atom. The molecule has 0 spiro atoms. The van der Waals surface area contributed by atoms with Crippen LogP contribution in [0.15, 0.2) is 59.5 Å². The van der Waals surface area contributed by atoms with Gasteiger partial charge in [0.1, 0.15) is 0 Å². The van der Waals surface area contributed by atoms with Crippen LogP contribution in [0, 0.1) is 10.1 Å². The number of hydroxylamine groups is 1. The molecule has 0 saturated carbocycles. The number of aliphatic hydroxyl groups is 1. The highest BCUT2D eigenvalue weighted by atomic mass is 32.2. The molecule has 0 aliphatic rings. The summed E-state index contributed by atoms with van der Waals surface area (Å²) in [6, 6.07) is 13.2. The van der Waals surface area contributed by atoms with E-state index in [-0.39, 0.29) is 10.6 Å². The van der Waals surface area contributed by atoms with Gasteiger partial charge in [-0.3, -0.25) is 15.0 Å². The number of nitro benzene ring substituents is 1. The molecule has 158 valence electrons. The van der Waals surface area contributed by atoms with E-state index in [1.54, 1.807) is 13.8 Å². The van der Waals surface area contributed by atoms with Crippen molar-refractivity contribution in [1.82, 2.24) is 4.47 Å². The highest BCUT2D eigenvalue weighted by Gasteiger charge is 2.31. The highest BCUT2D eigenvalue weighted by molar-refractivity contribution is 7.89. The van der Waals surface area contributed by atoms with Crippen LogP contribution in [0.25, 0.3) is 0 Å². The lowest BCUT2D eigenvalue weighted by atomic mass is 10.0. The Kier molecular flexibility index (Phi) is 7.82.